The number of esters is 1. The number of nitrogens with zero attached hydrogens (tertiary/aromatic N) is 3. The van der Waals surface area contributed by atoms with E-state index in [0.717, 1.165) is 24.2 Å². The summed E-state index contributed by atoms with van der Waals surface area (Å²) in [6.45, 7) is 7.13. The van der Waals surface area contributed by atoms with Crippen molar-refractivity contribution in [1.82, 2.24) is 13.9 Å². The summed E-state index contributed by atoms with van der Waals surface area (Å²) in [6.07, 6.45) is 7.03. The van der Waals surface area contributed by atoms with Gasteiger partial charge in [0.1, 0.15) is 5.82 Å². The molecule has 8 heteroatoms. The number of aryl methyl sites for hydroxylation is 2. The topological polar surface area (TPSA) is 81.5 Å². The minimum Gasteiger partial charge on any atom is -0.465 e. The van der Waals surface area contributed by atoms with E-state index < -0.39 is 10.0 Å². The van der Waals surface area contributed by atoms with Crippen LogP contribution in [0.1, 0.15) is 45.9 Å². The number of allylic oxidation sites excluding steroid dienone is 2. The summed E-state index contributed by atoms with van der Waals surface area (Å²) < 4.78 is 34.4. The number of hydrogen-bond donors (Lipinski definition) is 0. The maximum Gasteiger partial charge on any atom is 0.306 e. The summed E-state index contributed by atoms with van der Waals surface area (Å²) in [5.74, 6) is 1.42. The smallest absolute Gasteiger partial charge is 0.306 e. The molecule has 1 aliphatic rings. The van der Waals surface area contributed by atoms with Gasteiger partial charge in [-0.2, -0.15) is 4.31 Å². The van der Waals surface area contributed by atoms with Gasteiger partial charge in [-0.3, -0.25) is 4.79 Å². The van der Waals surface area contributed by atoms with E-state index >= 15 is 0 Å². The Hall–Kier alpha value is -2.19. The maximum absolute atomic E-state index is 12.8. The highest BCUT2D eigenvalue weighted by Crippen LogP contribution is 2.25. The number of imidazole rings is 1. The fourth-order valence-corrected chi connectivity index (χ4v) is 5.53. The third-order valence-corrected chi connectivity index (χ3v) is 8.26. The van der Waals surface area contributed by atoms with Crippen LogP contribution in [-0.4, -0.2) is 47.9 Å². The van der Waals surface area contributed by atoms with Crippen LogP contribution in [0, 0.1) is 11.8 Å². The van der Waals surface area contributed by atoms with Crippen molar-refractivity contribution in [3.63, 3.8) is 0 Å². The quantitative estimate of drug-likeness (QED) is 0.433. The molecule has 0 aliphatic heterocycles. The van der Waals surface area contributed by atoms with Gasteiger partial charge < -0.3 is 9.30 Å². The number of rotatable bonds is 9. The summed E-state index contributed by atoms with van der Waals surface area (Å²) in [5, 5.41) is 0. The van der Waals surface area contributed by atoms with Gasteiger partial charge in [-0.15, -0.1) is 0 Å². The van der Waals surface area contributed by atoms with Crippen molar-refractivity contribution < 1.29 is 17.9 Å². The standard InChI is InChI=1S/C23H33N3O4S/c1-5-26(6-2)31(28,29)19-11-12-21-20(15-19)24-22(25(21)4)13-14-23(27)30-16-18-10-8-7-9-17(18)3/h7-8,11-12,15,17-18H,5-6,9-10,13-14,16H2,1-4H3. The van der Waals surface area contributed by atoms with E-state index in [4.69, 9.17) is 4.74 Å². The van der Waals surface area contributed by atoms with E-state index in [1.54, 1.807) is 18.2 Å². The monoisotopic (exact) mass is 447 g/mol. The number of fused-ring (bicyclic) bond motifs is 1. The molecule has 2 unspecified atom stereocenters. The van der Waals surface area contributed by atoms with E-state index in [1.807, 2.05) is 25.5 Å². The minimum atomic E-state index is -3.54. The molecule has 2 aromatic rings. The van der Waals surface area contributed by atoms with E-state index in [9.17, 15) is 13.2 Å². The van der Waals surface area contributed by atoms with E-state index in [0.29, 0.717) is 43.5 Å². The minimum absolute atomic E-state index is 0.224. The van der Waals surface area contributed by atoms with Crippen LogP contribution in [0.2, 0.25) is 0 Å². The SMILES string of the molecule is CCN(CC)S(=O)(=O)c1ccc2c(c1)nc(CCC(=O)OCC1CC=CCC1C)n2C. The second-order valence-electron chi connectivity index (χ2n) is 8.19. The van der Waals surface area contributed by atoms with Gasteiger partial charge in [0.2, 0.25) is 10.0 Å². The normalized spacial score (nSPS) is 19.3. The molecule has 0 radical (unpaired) electrons. The first kappa shape index (κ1) is 23.5. The largest absolute Gasteiger partial charge is 0.465 e. The number of sulfonamides is 1. The molecule has 1 heterocycles. The molecule has 170 valence electrons. The van der Waals surface area contributed by atoms with Crippen LogP contribution in [0.3, 0.4) is 0 Å². The summed E-state index contributed by atoms with van der Waals surface area (Å²) in [4.78, 5) is 17.1. The van der Waals surface area contributed by atoms with Gasteiger partial charge in [-0.25, -0.2) is 13.4 Å². The molecule has 1 aromatic heterocycles. The van der Waals surface area contributed by atoms with Crippen LogP contribution >= 0.6 is 0 Å². The molecule has 0 N–H and O–H groups in total. The number of ether oxygens (including phenoxy) is 1. The summed E-state index contributed by atoms with van der Waals surface area (Å²) in [6, 6.07) is 5.01. The molecule has 0 fully saturated rings. The Bertz CT molecular complexity index is 1050. The third-order valence-electron chi connectivity index (χ3n) is 6.22. The molecule has 1 aromatic carbocycles. The predicted molar refractivity (Wildman–Crippen MR) is 121 cm³/mol. The first-order valence-electron chi connectivity index (χ1n) is 11.0. The summed E-state index contributed by atoms with van der Waals surface area (Å²) in [7, 11) is -1.66. The fourth-order valence-electron chi connectivity index (χ4n) is 4.05. The molecule has 31 heavy (non-hydrogen) atoms. The Morgan fingerprint density at radius 3 is 2.61 bits per heavy atom. The van der Waals surface area contributed by atoms with Crippen molar-refractivity contribution in [3.8, 4) is 0 Å². The zero-order chi connectivity index (χ0) is 22.6. The van der Waals surface area contributed by atoms with E-state index in [1.165, 1.54) is 4.31 Å². The predicted octanol–water partition coefficient (Wildman–Crippen LogP) is 3.68. The zero-order valence-electron chi connectivity index (χ0n) is 18.9. The Labute approximate surface area is 185 Å². The molecule has 3 rings (SSSR count). The highest BCUT2D eigenvalue weighted by atomic mass is 32.2. The molecule has 0 saturated heterocycles. The van der Waals surface area contributed by atoms with Gasteiger partial charge >= 0.3 is 5.97 Å². The van der Waals surface area contributed by atoms with Gasteiger partial charge in [0.05, 0.1) is 29.0 Å². The number of aromatic nitrogens is 2. The fraction of sp³-hybridized carbons (Fsp3) is 0.565. The number of carbonyl (C=O) groups excluding carboxylic acids is 1. The third kappa shape index (κ3) is 5.18. The van der Waals surface area contributed by atoms with Crippen molar-refractivity contribution in [2.24, 2.45) is 18.9 Å². The molecule has 0 saturated carbocycles. The van der Waals surface area contributed by atoms with Crippen LogP contribution < -0.4 is 0 Å². The van der Waals surface area contributed by atoms with Crippen LogP contribution in [0.15, 0.2) is 35.2 Å². The van der Waals surface area contributed by atoms with Crippen LogP contribution in [-0.2, 0) is 33.0 Å². The average molecular weight is 448 g/mol. The molecule has 0 spiro atoms. The Morgan fingerprint density at radius 2 is 1.94 bits per heavy atom. The zero-order valence-corrected chi connectivity index (χ0v) is 19.7. The van der Waals surface area contributed by atoms with E-state index in [2.05, 4.69) is 24.1 Å². The van der Waals surface area contributed by atoms with E-state index in [-0.39, 0.29) is 17.3 Å². The molecular weight excluding hydrogens is 414 g/mol. The average Bonchev–Trinajstić information content (AvgIpc) is 3.07. The molecule has 1 aliphatic carbocycles. The number of benzene rings is 1. The highest BCUT2D eigenvalue weighted by molar-refractivity contribution is 7.89. The van der Waals surface area contributed by atoms with Crippen molar-refractivity contribution in [1.29, 1.82) is 0 Å². The van der Waals surface area contributed by atoms with Gasteiger partial charge in [-0.05, 0) is 42.9 Å². The number of carbonyl (C=O) groups is 1. The van der Waals surface area contributed by atoms with Crippen molar-refractivity contribution in [2.45, 2.75) is 51.3 Å². The van der Waals surface area contributed by atoms with Gasteiger partial charge in [0, 0.05) is 26.6 Å². The summed E-state index contributed by atoms with van der Waals surface area (Å²) >= 11 is 0. The van der Waals surface area contributed by atoms with Crippen molar-refractivity contribution in [2.75, 3.05) is 19.7 Å². The molecular formula is C23H33N3O4S. The molecule has 0 amide bonds. The first-order valence-corrected chi connectivity index (χ1v) is 12.5. The maximum atomic E-state index is 12.8. The second-order valence-corrected chi connectivity index (χ2v) is 10.1. The lowest BCUT2D eigenvalue weighted by Gasteiger charge is -2.24. The van der Waals surface area contributed by atoms with Crippen LogP contribution in [0.25, 0.3) is 11.0 Å². The van der Waals surface area contributed by atoms with Gasteiger partial charge in [0.25, 0.3) is 0 Å². The highest BCUT2D eigenvalue weighted by Gasteiger charge is 2.23. The van der Waals surface area contributed by atoms with Gasteiger partial charge in [-0.1, -0.05) is 32.9 Å². The van der Waals surface area contributed by atoms with Crippen molar-refractivity contribution >= 4 is 27.0 Å². The van der Waals surface area contributed by atoms with Gasteiger partial charge in [0.15, 0.2) is 0 Å². The lowest BCUT2D eigenvalue weighted by molar-refractivity contribution is -0.145. The van der Waals surface area contributed by atoms with Crippen LogP contribution in [0.4, 0.5) is 0 Å². The number of hydrogen-bond acceptors (Lipinski definition) is 5. The lowest BCUT2D eigenvalue weighted by Crippen LogP contribution is -2.30. The Kier molecular flexibility index (Phi) is 7.54. The first-order chi connectivity index (χ1) is 14.8. The molecule has 7 nitrogen and oxygen atoms in total. The Balaban J connectivity index is 1.67. The van der Waals surface area contributed by atoms with Crippen LogP contribution in [0.5, 0.6) is 0 Å². The van der Waals surface area contributed by atoms with Crippen molar-refractivity contribution in [3.05, 3.63) is 36.2 Å². The Morgan fingerprint density at radius 1 is 1.23 bits per heavy atom. The second kappa shape index (κ2) is 9.96. The lowest BCUT2D eigenvalue weighted by atomic mass is 9.85. The molecule has 0 bridgehead atoms. The molecule has 2 atom stereocenters. The summed E-state index contributed by atoms with van der Waals surface area (Å²) in [5.41, 5.74) is 1.45.